The lowest BCUT2D eigenvalue weighted by molar-refractivity contribution is -0.119. The van der Waals surface area contributed by atoms with Gasteiger partial charge in [-0.25, -0.2) is 0 Å². The van der Waals surface area contributed by atoms with Crippen molar-refractivity contribution in [2.75, 3.05) is 31.1 Å². The van der Waals surface area contributed by atoms with Gasteiger partial charge in [0.25, 0.3) is 5.91 Å². The molecule has 1 saturated heterocycles. The van der Waals surface area contributed by atoms with Crippen LogP contribution in [0.1, 0.15) is 51.9 Å². The van der Waals surface area contributed by atoms with Gasteiger partial charge in [-0.2, -0.15) is 0 Å². The van der Waals surface area contributed by atoms with Crippen LogP contribution in [0.3, 0.4) is 0 Å². The second-order valence-electron chi connectivity index (χ2n) is 11.4. The largest absolute Gasteiger partial charge is 0.385 e. The highest BCUT2D eigenvalue weighted by atomic mass is 35.5. The molecule has 0 unspecified atom stereocenters. The van der Waals surface area contributed by atoms with Crippen LogP contribution < -0.4 is 10.2 Å². The van der Waals surface area contributed by atoms with E-state index in [1.807, 2.05) is 84.9 Å². The summed E-state index contributed by atoms with van der Waals surface area (Å²) in [6.45, 7) is 2.65. The number of anilines is 1. The third-order valence-corrected chi connectivity index (χ3v) is 8.80. The molecule has 3 aromatic carbocycles. The molecule has 2 N–H and O–H groups in total. The van der Waals surface area contributed by atoms with Gasteiger partial charge in [0, 0.05) is 54.7 Å². The molecule has 3 heterocycles. The summed E-state index contributed by atoms with van der Waals surface area (Å²) in [5, 5.41) is 14.9. The van der Waals surface area contributed by atoms with E-state index in [9.17, 15) is 14.7 Å². The molecule has 1 aromatic heterocycles. The van der Waals surface area contributed by atoms with Crippen LogP contribution in [0.2, 0.25) is 5.02 Å². The molecular weight excluding hydrogens is 572 g/mol. The number of benzene rings is 3. The summed E-state index contributed by atoms with van der Waals surface area (Å²) >= 11 is 6.05. The number of nitrogens with one attached hydrogen (secondary N) is 1. The summed E-state index contributed by atoms with van der Waals surface area (Å²) in [4.78, 5) is 35.1. The maximum absolute atomic E-state index is 13.9. The predicted molar refractivity (Wildman–Crippen MR) is 173 cm³/mol. The third-order valence-electron chi connectivity index (χ3n) is 8.55. The highest BCUT2D eigenvalue weighted by Crippen LogP contribution is 2.38. The smallest absolute Gasteiger partial charge is 0.259 e. The number of rotatable bonds is 8. The van der Waals surface area contributed by atoms with E-state index in [4.69, 9.17) is 11.6 Å². The molecule has 2 amide bonds. The molecule has 4 aromatic rings. The van der Waals surface area contributed by atoms with Crippen molar-refractivity contribution in [3.8, 4) is 0 Å². The minimum atomic E-state index is -0.840. The SMILES string of the molecule is O=C(CN1C(=O)c2ccccc2/C(=C/CCN2CCC(O)(c3ccc(Cl)cc3)CC2)c2ccccc21)NCc1cccnc1. The first-order valence-corrected chi connectivity index (χ1v) is 15.4. The lowest BCUT2D eigenvalue weighted by Gasteiger charge is -2.38. The van der Waals surface area contributed by atoms with Gasteiger partial charge in [0.1, 0.15) is 6.54 Å². The fourth-order valence-corrected chi connectivity index (χ4v) is 6.23. The monoisotopic (exact) mass is 606 g/mol. The van der Waals surface area contributed by atoms with E-state index >= 15 is 0 Å². The van der Waals surface area contributed by atoms with Crippen LogP contribution in [0.25, 0.3) is 5.57 Å². The number of aromatic nitrogens is 1. The summed E-state index contributed by atoms with van der Waals surface area (Å²) in [5.41, 5.74) is 5.01. The van der Waals surface area contributed by atoms with Gasteiger partial charge in [-0.05, 0) is 71.9 Å². The van der Waals surface area contributed by atoms with Crippen molar-refractivity contribution >= 4 is 34.7 Å². The molecule has 224 valence electrons. The third kappa shape index (κ3) is 6.45. The minimum Gasteiger partial charge on any atom is -0.385 e. The molecular formula is C36H35ClN4O3. The van der Waals surface area contributed by atoms with Crippen LogP contribution >= 0.6 is 11.6 Å². The Bertz CT molecular complexity index is 1660. The van der Waals surface area contributed by atoms with Crippen LogP contribution in [-0.4, -0.2) is 53.0 Å². The molecule has 0 aliphatic carbocycles. The highest BCUT2D eigenvalue weighted by Gasteiger charge is 2.34. The first-order valence-electron chi connectivity index (χ1n) is 15.0. The number of carbonyl (C=O) groups excluding carboxylic acids is 2. The molecule has 0 atom stereocenters. The predicted octanol–water partition coefficient (Wildman–Crippen LogP) is 5.82. The van der Waals surface area contributed by atoms with Crippen molar-refractivity contribution in [1.29, 1.82) is 0 Å². The lowest BCUT2D eigenvalue weighted by atomic mass is 9.84. The Balaban J connectivity index is 1.19. The Morgan fingerprint density at radius 1 is 0.932 bits per heavy atom. The normalized spacial score (nSPS) is 17.1. The highest BCUT2D eigenvalue weighted by molar-refractivity contribution is 6.30. The number of hydrogen-bond acceptors (Lipinski definition) is 5. The van der Waals surface area contributed by atoms with Gasteiger partial charge < -0.3 is 15.3 Å². The van der Waals surface area contributed by atoms with Crippen molar-refractivity contribution in [3.63, 3.8) is 0 Å². The lowest BCUT2D eigenvalue weighted by Crippen LogP contribution is -2.42. The van der Waals surface area contributed by atoms with Gasteiger partial charge in [-0.15, -0.1) is 0 Å². The summed E-state index contributed by atoms with van der Waals surface area (Å²) in [5.74, 6) is -0.448. The fourth-order valence-electron chi connectivity index (χ4n) is 6.11. The van der Waals surface area contributed by atoms with Crippen molar-refractivity contribution in [1.82, 2.24) is 15.2 Å². The van der Waals surface area contributed by atoms with Crippen LogP contribution in [0, 0.1) is 0 Å². The Hall–Kier alpha value is -4.30. The first kappa shape index (κ1) is 29.8. The topological polar surface area (TPSA) is 85.8 Å². The number of piperidine rings is 1. The van der Waals surface area contributed by atoms with E-state index in [-0.39, 0.29) is 18.4 Å². The number of fused-ring (bicyclic) bond motifs is 2. The zero-order chi connectivity index (χ0) is 30.5. The Morgan fingerprint density at radius 3 is 2.36 bits per heavy atom. The molecule has 2 aliphatic rings. The van der Waals surface area contributed by atoms with Crippen molar-refractivity contribution < 1.29 is 14.7 Å². The summed E-state index contributed by atoms with van der Waals surface area (Å²) in [6.07, 6.45) is 7.69. The van der Waals surface area contributed by atoms with Crippen molar-refractivity contribution in [2.45, 2.75) is 31.4 Å². The van der Waals surface area contributed by atoms with E-state index < -0.39 is 5.60 Å². The van der Waals surface area contributed by atoms with Gasteiger partial charge >= 0.3 is 0 Å². The van der Waals surface area contributed by atoms with Crippen LogP contribution in [0.15, 0.2) is 103 Å². The summed E-state index contributed by atoms with van der Waals surface area (Å²) < 4.78 is 0. The number of halogens is 1. The number of aliphatic hydroxyl groups is 1. The quantitative estimate of drug-likeness (QED) is 0.264. The first-order chi connectivity index (χ1) is 21.4. The average molecular weight is 607 g/mol. The number of likely N-dealkylation sites (tertiary alicyclic amines) is 1. The number of carbonyl (C=O) groups is 2. The van der Waals surface area contributed by atoms with E-state index in [2.05, 4.69) is 21.3 Å². The average Bonchev–Trinajstić information content (AvgIpc) is 3.15. The second-order valence-corrected chi connectivity index (χ2v) is 11.8. The van der Waals surface area contributed by atoms with Crippen LogP contribution in [-0.2, 0) is 16.9 Å². The van der Waals surface area contributed by atoms with Crippen LogP contribution in [0.5, 0.6) is 0 Å². The maximum atomic E-state index is 13.9. The van der Waals surface area contributed by atoms with E-state index in [1.54, 1.807) is 17.3 Å². The summed E-state index contributed by atoms with van der Waals surface area (Å²) in [7, 11) is 0. The van der Waals surface area contributed by atoms with Gasteiger partial charge in [-0.1, -0.05) is 72.3 Å². The molecule has 0 bridgehead atoms. The maximum Gasteiger partial charge on any atom is 0.259 e. The van der Waals surface area contributed by atoms with Gasteiger partial charge in [0.05, 0.1) is 11.3 Å². The Kier molecular flexibility index (Phi) is 8.89. The number of hydrogen-bond donors (Lipinski definition) is 2. The second kappa shape index (κ2) is 13.1. The molecule has 7 nitrogen and oxygen atoms in total. The number of pyridine rings is 1. The van der Waals surface area contributed by atoms with Gasteiger partial charge in [0.15, 0.2) is 0 Å². The Labute approximate surface area is 262 Å². The molecule has 0 radical (unpaired) electrons. The standard InChI is InChI=1S/C36H35ClN4O3/c37-28-15-13-27(14-16-28)36(44)17-21-40(22-18-36)20-6-11-29-30-8-1-2-10-32(30)35(43)41(33-12-4-3-9-31(29)33)25-34(42)39-24-26-7-5-19-38-23-26/h1-5,7-16,19,23,44H,6,17-18,20-22,24-25H2,(H,39,42)/b29-11-. The minimum absolute atomic E-state index is 0.0952. The molecule has 44 heavy (non-hydrogen) atoms. The zero-order valence-electron chi connectivity index (χ0n) is 24.5. The number of para-hydroxylation sites is 1. The van der Waals surface area contributed by atoms with E-state index in [1.165, 1.54) is 0 Å². The van der Waals surface area contributed by atoms with Gasteiger partial charge in [-0.3, -0.25) is 19.5 Å². The van der Waals surface area contributed by atoms with E-state index in [0.717, 1.165) is 53.9 Å². The van der Waals surface area contributed by atoms with Crippen LogP contribution in [0.4, 0.5) is 5.69 Å². The molecule has 8 heteroatoms. The zero-order valence-corrected chi connectivity index (χ0v) is 25.2. The number of nitrogens with zero attached hydrogens (tertiary/aromatic N) is 3. The number of amides is 2. The molecule has 1 fully saturated rings. The fraction of sp³-hybridized carbons (Fsp3) is 0.250. The molecule has 2 aliphatic heterocycles. The molecule has 0 saturated carbocycles. The Morgan fingerprint density at radius 2 is 1.64 bits per heavy atom. The molecule has 0 spiro atoms. The molecule has 6 rings (SSSR count). The van der Waals surface area contributed by atoms with E-state index in [0.29, 0.717) is 35.7 Å². The van der Waals surface area contributed by atoms with Crippen molar-refractivity contribution in [2.24, 2.45) is 0 Å². The van der Waals surface area contributed by atoms with Crippen molar-refractivity contribution in [3.05, 3.63) is 136 Å². The van der Waals surface area contributed by atoms with Gasteiger partial charge in [0.2, 0.25) is 5.91 Å². The summed E-state index contributed by atoms with van der Waals surface area (Å²) in [6, 6.07) is 26.6.